The van der Waals surface area contributed by atoms with E-state index >= 15 is 0 Å². The predicted octanol–water partition coefficient (Wildman–Crippen LogP) is -1.27. The normalized spacial score (nSPS) is 38.9. The van der Waals surface area contributed by atoms with Gasteiger partial charge in [-0.1, -0.05) is 15.9 Å². The van der Waals surface area contributed by atoms with Gasteiger partial charge in [-0.25, -0.2) is 4.79 Å². The summed E-state index contributed by atoms with van der Waals surface area (Å²) in [6, 6.07) is -0.755. The Hall–Kier alpha value is -0.660. The van der Waals surface area contributed by atoms with Gasteiger partial charge in [-0.05, 0) is 0 Å². The van der Waals surface area contributed by atoms with Gasteiger partial charge >= 0.3 is 6.03 Å². The molecule has 3 unspecified atom stereocenters. The summed E-state index contributed by atoms with van der Waals surface area (Å²) in [6.45, 7) is 0. The van der Waals surface area contributed by atoms with Crippen LogP contribution in [0, 0.1) is 0 Å². The van der Waals surface area contributed by atoms with E-state index in [-0.39, 0.29) is 29.2 Å². The highest BCUT2D eigenvalue weighted by atomic mass is 79.9. The van der Waals surface area contributed by atoms with Crippen LogP contribution in [-0.4, -0.2) is 41.2 Å². The molecule has 2 fully saturated rings. The van der Waals surface area contributed by atoms with Crippen LogP contribution in [0.1, 0.15) is 0 Å². The summed E-state index contributed by atoms with van der Waals surface area (Å²) in [5, 5.41) is 8.08. The second kappa shape index (κ2) is 2.93. The standard InChI is InChI=1S/C6H9BrN4O2/c1-11-3-2(8-5(7)9-3)4(12)10-6(11)13/h2-3,5,8-9H,1H3,(H,10,12,13). The van der Waals surface area contributed by atoms with E-state index in [9.17, 15) is 9.59 Å². The van der Waals surface area contributed by atoms with Gasteiger partial charge in [0.1, 0.15) is 17.3 Å². The molecule has 2 rings (SSSR count). The third kappa shape index (κ3) is 1.32. The Kier molecular flexibility index (Phi) is 2.01. The van der Waals surface area contributed by atoms with Crippen LogP contribution < -0.4 is 16.0 Å². The van der Waals surface area contributed by atoms with Gasteiger partial charge in [0.25, 0.3) is 0 Å². The molecule has 0 spiro atoms. The van der Waals surface area contributed by atoms with E-state index in [0.29, 0.717) is 0 Å². The molecule has 6 nitrogen and oxygen atoms in total. The lowest BCUT2D eigenvalue weighted by Gasteiger charge is -2.32. The molecular formula is C6H9BrN4O2. The zero-order valence-corrected chi connectivity index (χ0v) is 8.46. The molecule has 0 aromatic rings. The number of fused-ring (bicyclic) bond motifs is 1. The number of alkyl halides is 1. The van der Waals surface area contributed by atoms with E-state index in [1.54, 1.807) is 7.05 Å². The summed E-state index contributed by atoms with van der Waals surface area (Å²) in [4.78, 5) is 23.9. The Labute approximate surface area is 83.2 Å². The van der Waals surface area contributed by atoms with Crippen molar-refractivity contribution in [2.24, 2.45) is 0 Å². The highest BCUT2D eigenvalue weighted by Crippen LogP contribution is 2.15. The first kappa shape index (κ1) is 8.92. The van der Waals surface area contributed by atoms with Gasteiger partial charge in [-0.3, -0.25) is 20.7 Å². The summed E-state index contributed by atoms with van der Waals surface area (Å²) >= 11 is 3.26. The van der Waals surface area contributed by atoms with Crippen LogP contribution in [0.15, 0.2) is 0 Å². The Morgan fingerprint density at radius 3 is 2.77 bits per heavy atom. The fourth-order valence-corrected chi connectivity index (χ4v) is 2.05. The van der Waals surface area contributed by atoms with Crippen LogP contribution >= 0.6 is 15.9 Å². The van der Waals surface area contributed by atoms with Crippen molar-refractivity contribution in [2.45, 2.75) is 17.3 Å². The summed E-state index contributed by atoms with van der Waals surface area (Å²) in [5.74, 6) is -0.289. The van der Waals surface area contributed by atoms with Gasteiger partial charge in [0.15, 0.2) is 0 Å². The number of halogens is 1. The van der Waals surface area contributed by atoms with Crippen LogP contribution in [0.3, 0.4) is 0 Å². The Morgan fingerprint density at radius 1 is 1.38 bits per heavy atom. The molecule has 0 aliphatic carbocycles. The van der Waals surface area contributed by atoms with Gasteiger partial charge < -0.3 is 4.90 Å². The second-order valence-corrected chi connectivity index (χ2v) is 3.94. The maximum absolute atomic E-state index is 11.3. The molecule has 7 heteroatoms. The van der Waals surface area contributed by atoms with E-state index in [1.165, 1.54) is 4.90 Å². The van der Waals surface area contributed by atoms with Crippen molar-refractivity contribution in [1.29, 1.82) is 0 Å². The molecule has 0 bridgehead atoms. The minimum atomic E-state index is -0.382. The van der Waals surface area contributed by atoms with E-state index in [4.69, 9.17) is 0 Å². The summed E-state index contributed by atoms with van der Waals surface area (Å²) in [6.07, 6.45) is -0.273. The Morgan fingerprint density at radius 2 is 2.08 bits per heavy atom. The number of nitrogens with one attached hydrogen (secondary N) is 3. The highest BCUT2D eigenvalue weighted by Gasteiger charge is 2.45. The van der Waals surface area contributed by atoms with Crippen molar-refractivity contribution >= 4 is 27.9 Å². The minimum Gasteiger partial charge on any atom is -0.310 e. The average Bonchev–Trinajstić information content (AvgIpc) is 2.44. The lowest BCUT2D eigenvalue weighted by Crippen LogP contribution is -2.64. The molecule has 2 saturated heterocycles. The number of hydrogen-bond donors (Lipinski definition) is 3. The number of imide groups is 1. The van der Waals surface area contributed by atoms with Crippen LogP contribution in [-0.2, 0) is 4.79 Å². The highest BCUT2D eigenvalue weighted by molar-refractivity contribution is 9.09. The monoisotopic (exact) mass is 248 g/mol. The van der Waals surface area contributed by atoms with Gasteiger partial charge in [0, 0.05) is 7.05 Å². The summed E-state index contributed by atoms with van der Waals surface area (Å²) in [5.41, 5.74) is 0. The summed E-state index contributed by atoms with van der Waals surface area (Å²) < 4.78 is 0. The van der Waals surface area contributed by atoms with Crippen molar-refractivity contribution in [3.05, 3.63) is 0 Å². The molecule has 3 amide bonds. The molecule has 13 heavy (non-hydrogen) atoms. The Bertz CT molecular complexity index is 271. The second-order valence-electron chi connectivity index (χ2n) is 3.02. The average molecular weight is 249 g/mol. The fraction of sp³-hybridized carbons (Fsp3) is 0.667. The Balaban J connectivity index is 2.22. The molecule has 2 aliphatic rings. The number of nitrogens with zero attached hydrogens (tertiary/aromatic N) is 1. The zero-order chi connectivity index (χ0) is 9.59. The molecule has 0 aromatic carbocycles. The van der Waals surface area contributed by atoms with E-state index in [0.717, 1.165) is 0 Å². The molecule has 2 heterocycles. The van der Waals surface area contributed by atoms with E-state index in [2.05, 4.69) is 31.9 Å². The van der Waals surface area contributed by atoms with Crippen LogP contribution in [0.25, 0.3) is 0 Å². The molecule has 3 N–H and O–H groups in total. The van der Waals surface area contributed by atoms with Crippen LogP contribution in [0.4, 0.5) is 4.79 Å². The molecular weight excluding hydrogens is 240 g/mol. The van der Waals surface area contributed by atoms with Crippen molar-refractivity contribution in [3.8, 4) is 0 Å². The fourth-order valence-electron chi connectivity index (χ4n) is 1.50. The molecule has 72 valence electrons. The maximum atomic E-state index is 11.3. The number of hydrogen-bond acceptors (Lipinski definition) is 4. The molecule has 0 radical (unpaired) electrons. The molecule has 2 aliphatic heterocycles. The quantitative estimate of drug-likeness (QED) is 0.370. The van der Waals surface area contributed by atoms with Crippen molar-refractivity contribution < 1.29 is 9.59 Å². The number of carbonyl (C=O) groups is 2. The molecule has 0 aromatic heterocycles. The van der Waals surface area contributed by atoms with Crippen molar-refractivity contribution in [2.75, 3.05) is 7.05 Å². The first-order valence-electron chi connectivity index (χ1n) is 3.83. The number of urea groups is 1. The number of rotatable bonds is 0. The van der Waals surface area contributed by atoms with Crippen molar-refractivity contribution in [1.82, 2.24) is 20.9 Å². The zero-order valence-electron chi connectivity index (χ0n) is 6.87. The molecule has 0 saturated carbocycles. The van der Waals surface area contributed by atoms with Gasteiger partial charge in [0.2, 0.25) is 5.91 Å². The smallest absolute Gasteiger partial charge is 0.310 e. The lowest BCUT2D eigenvalue weighted by molar-refractivity contribution is -0.124. The SMILES string of the molecule is CN1C(=O)NC(=O)C2NC(Br)NC21. The first-order chi connectivity index (χ1) is 6.09. The third-order valence-corrected chi connectivity index (χ3v) is 2.74. The van der Waals surface area contributed by atoms with Gasteiger partial charge in [0.05, 0.1) is 0 Å². The first-order valence-corrected chi connectivity index (χ1v) is 4.75. The summed E-state index contributed by atoms with van der Waals surface area (Å²) in [7, 11) is 1.64. The maximum Gasteiger partial charge on any atom is 0.325 e. The van der Waals surface area contributed by atoms with E-state index in [1.807, 2.05) is 0 Å². The van der Waals surface area contributed by atoms with Crippen LogP contribution in [0.5, 0.6) is 0 Å². The lowest BCUT2D eigenvalue weighted by atomic mass is 10.2. The van der Waals surface area contributed by atoms with E-state index < -0.39 is 0 Å². The number of likely N-dealkylation sites (N-methyl/N-ethyl adjacent to an activating group) is 1. The van der Waals surface area contributed by atoms with Crippen molar-refractivity contribution in [3.63, 3.8) is 0 Å². The number of carbonyl (C=O) groups excluding carboxylic acids is 2. The third-order valence-electron chi connectivity index (χ3n) is 2.21. The number of amides is 3. The van der Waals surface area contributed by atoms with Gasteiger partial charge in [-0.2, -0.15) is 0 Å². The van der Waals surface area contributed by atoms with Crippen LogP contribution in [0.2, 0.25) is 0 Å². The predicted molar refractivity (Wildman–Crippen MR) is 47.9 cm³/mol. The largest absolute Gasteiger partial charge is 0.325 e. The minimum absolute atomic E-state index is 0.137. The molecule has 3 atom stereocenters. The topological polar surface area (TPSA) is 73.5 Å². The van der Waals surface area contributed by atoms with Gasteiger partial charge in [-0.15, -0.1) is 0 Å².